The topological polar surface area (TPSA) is 116 Å². The number of amides is 1. The molecule has 28 heavy (non-hydrogen) atoms. The Morgan fingerprint density at radius 3 is 2.86 bits per heavy atom. The predicted molar refractivity (Wildman–Crippen MR) is 104 cm³/mol. The first-order valence-corrected chi connectivity index (χ1v) is 10.0. The zero-order valence-corrected chi connectivity index (χ0v) is 16.6. The highest BCUT2D eigenvalue weighted by molar-refractivity contribution is 7.17. The van der Waals surface area contributed by atoms with Crippen molar-refractivity contribution in [2.45, 2.75) is 58.6 Å². The molecule has 0 radical (unpaired) electrons. The molecule has 1 atom stereocenters. The average molecular weight is 406 g/mol. The van der Waals surface area contributed by atoms with Crippen LogP contribution < -0.4 is 5.32 Å². The fourth-order valence-electron chi connectivity index (χ4n) is 3.04. The minimum Gasteiger partial charge on any atom is -0.459 e. The Bertz CT molecular complexity index is 904. The second kappa shape index (κ2) is 8.51. The summed E-state index contributed by atoms with van der Waals surface area (Å²) in [6.45, 7) is 3.59. The molecule has 1 aliphatic rings. The number of nitrogens with one attached hydrogen (secondary N) is 1. The molecule has 0 bridgehead atoms. The van der Waals surface area contributed by atoms with E-state index in [-0.39, 0.29) is 18.3 Å². The molecular weight excluding hydrogens is 384 g/mol. The van der Waals surface area contributed by atoms with E-state index >= 15 is 0 Å². The molecule has 0 saturated heterocycles. The van der Waals surface area contributed by atoms with Gasteiger partial charge in [0.25, 0.3) is 0 Å². The molecule has 3 rings (SSSR count). The van der Waals surface area contributed by atoms with Gasteiger partial charge in [-0.2, -0.15) is 5.10 Å². The van der Waals surface area contributed by atoms with Crippen molar-refractivity contribution < 1.29 is 19.2 Å². The van der Waals surface area contributed by atoms with Gasteiger partial charge in [0.2, 0.25) is 5.91 Å². The van der Waals surface area contributed by atoms with Gasteiger partial charge in [0.1, 0.15) is 23.9 Å². The summed E-state index contributed by atoms with van der Waals surface area (Å²) in [4.78, 5) is 36.4. The smallest absolute Gasteiger partial charge is 0.341 e. The minimum atomic E-state index is -0.572. The summed E-state index contributed by atoms with van der Waals surface area (Å²) in [5.41, 5.74) is 1.23. The molecule has 2 aromatic rings. The Balaban J connectivity index is 1.80. The van der Waals surface area contributed by atoms with E-state index in [1.54, 1.807) is 0 Å². The lowest BCUT2D eigenvalue weighted by Gasteiger charge is -2.15. The van der Waals surface area contributed by atoms with Gasteiger partial charge in [-0.3, -0.25) is 19.6 Å². The van der Waals surface area contributed by atoms with Gasteiger partial charge in [-0.1, -0.05) is 6.92 Å². The number of carbonyl (C=O) groups excluding carboxylic acids is 2. The first-order chi connectivity index (χ1) is 13.4. The monoisotopic (exact) mass is 406 g/mol. The van der Waals surface area contributed by atoms with E-state index in [0.717, 1.165) is 42.3 Å². The lowest BCUT2D eigenvalue weighted by molar-refractivity contribution is -0.385. The molecule has 150 valence electrons. The van der Waals surface area contributed by atoms with Crippen molar-refractivity contribution in [2.24, 2.45) is 0 Å². The largest absolute Gasteiger partial charge is 0.459 e. The van der Waals surface area contributed by atoms with Crippen LogP contribution in [-0.2, 0) is 28.9 Å². The number of nitrogens with zero attached hydrogens (tertiary/aromatic N) is 3. The maximum atomic E-state index is 12.7. The molecule has 0 saturated carbocycles. The predicted octanol–water partition coefficient (Wildman–Crippen LogP) is 3.33. The Labute approximate surface area is 165 Å². The fourth-order valence-corrected chi connectivity index (χ4v) is 4.34. The second-order valence-electron chi connectivity index (χ2n) is 6.74. The first kappa shape index (κ1) is 20.0. The van der Waals surface area contributed by atoms with Crippen LogP contribution in [0.1, 0.15) is 53.9 Å². The van der Waals surface area contributed by atoms with E-state index in [0.29, 0.717) is 17.0 Å². The Kier molecular flexibility index (Phi) is 6.08. The summed E-state index contributed by atoms with van der Waals surface area (Å²) in [6, 6.07) is 0. The molecule has 1 unspecified atom stereocenters. The molecule has 1 aliphatic carbocycles. The third kappa shape index (κ3) is 4.38. The van der Waals surface area contributed by atoms with Crippen LogP contribution in [0, 0.1) is 10.1 Å². The quantitative estimate of drug-likeness (QED) is 0.428. The van der Waals surface area contributed by atoms with Crippen molar-refractivity contribution in [3.63, 3.8) is 0 Å². The van der Waals surface area contributed by atoms with Crippen LogP contribution in [0.3, 0.4) is 0 Å². The van der Waals surface area contributed by atoms with Gasteiger partial charge in [-0.25, -0.2) is 4.79 Å². The summed E-state index contributed by atoms with van der Waals surface area (Å²) in [7, 11) is 0. The summed E-state index contributed by atoms with van der Waals surface area (Å²) < 4.78 is 6.70. The van der Waals surface area contributed by atoms with Gasteiger partial charge in [0.15, 0.2) is 0 Å². The molecule has 9 nitrogen and oxygen atoms in total. The number of aryl methyl sites for hydroxylation is 1. The van der Waals surface area contributed by atoms with Crippen molar-refractivity contribution in [3.05, 3.63) is 38.5 Å². The van der Waals surface area contributed by atoms with Crippen LogP contribution in [0.25, 0.3) is 0 Å². The molecular formula is C18H22N4O5S. The summed E-state index contributed by atoms with van der Waals surface area (Å²) in [5, 5.41) is 17.8. The van der Waals surface area contributed by atoms with E-state index in [9.17, 15) is 19.7 Å². The third-order valence-corrected chi connectivity index (χ3v) is 5.85. The molecule has 10 heteroatoms. The number of fused-ring (bicyclic) bond motifs is 1. The molecule has 1 N–H and O–H groups in total. The lowest BCUT2D eigenvalue weighted by Crippen LogP contribution is -2.21. The molecule has 0 fully saturated rings. The number of ether oxygens (including phenoxy) is 1. The zero-order valence-electron chi connectivity index (χ0n) is 15.8. The van der Waals surface area contributed by atoms with Crippen LogP contribution >= 0.6 is 11.3 Å². The van der Waals surface area contributed by atoms with Gasteiger partial charge >= 0.3 is 11.7 Å². The van der Waals surface area contributed by atoms with E-state index in [4.69, 9.17) is 4.74 Å². The normalized spacial score (nSPS) is 14.2. The number of aromatic nitrogens is 2. The summed E-state index contributed by atoms with van der Waals surface area (Å²) in [5.74, 6) is -0.826. The van der Waals surface area contributed by atoms with Gasteiger partial charge in [0, 0.05) is 4.88 Å². The molecule has 0 aromatic carbocycles. The van der Waals surface area contributed by atoms with Gasteiger partial charge in [-0.15, -0.1) is 11.3 Å². The SMILES string of the molecule is CCC(C)OC(=O)c1c(NC(=O)Cn2cc([N+](=O)[O-])cn2)sc2c1CCCC2. The van der Waals surface area contributed by atoms with Crippen LogP contribution in [0.2, 0.25) is 0 Å². The van der Waals surface area contributed by atoms with Crippen molar-refractivity contribution >= 4 is 33.9 Å². The second-order valence-corrected chi connectivity index (χ2v) is 7.85. The van der Waals surface area contributed by atoms with Crippen LogP contribution in [-0.4, -0.2) is 32.7 Å². The molecule has 0 aliphatic heterocycles. The van der Waals surface area contributed by atoms with Crippen molar-refractivity contribution in [1.29, 1.82) is 0 Å². The molecule has 0 spiro atoms. The van der Waals surface area contributed by atoms with E-state index < -0.39 is 16.8 Å². The van der Waals surface area contributed by atoms with Crippen molar-refractivity contribution in [2.75, 3.05) is 5.32 Å². The van der Waals surface area contributed by atoms with Crippen molar-refractivity contribution in [3.8, 4) is 0 Å². The number of anilines is 1. The highest BCUT2D eigenvalue weighted by atomic mass is 32.1. The Hall–Kier alpha value is -2.75. The standard InChI is InChI=1S/C18H22N4O5S/c1-3-11(2)27-18(24)16-13-6-4-5-7-14(13)28-17(16)20-15(23)10-21-9-12(8-19-21)22(25)26/h8-9,11H,3-7,10H2,1-2H3,(H,20,23). The van der Waals surface area contributed by atoms with Crippen LogP contribution in [0.15, 0.2) is 12.4 Å². The fraction of sp³-hybridized carbons (Fsp3) is 0.500. The highest BCUT2D eigenvalue weighted by Crippen LogP contribution is 2.38. The van der Waals surface area contributed by atoms with E-state index in [1.807, 2.05) is 13.8 Å². The van der Waals surface area contributed by atoms with Crippen molar-refractivity contribution in [1.82, 2.24) is 9.78 Å². The Morgan fingerprint density at radius 1 is 1.43 bits per heavy atom. The average Bonchev–Trinajstić information content (AvgIpc) is 3.25. The highest BCUT2D eigenvalue weighted by Gasteiger charge is 2.28. The van der Waals surface area contributed by atoms with Gasteiger partial charge in [-0.05, 0) is 44.6 Å². The maximum Gasteiger partial charge on any atom is 0.341 e. The number of hydrogen-bond donors (Lipinski definition) is 1. The molecule has 1 amide bonds. The summed E-state index contributed by atoms with van der Waals surface area (Å²) in [6.07, 6.45) is 6.50. The minimum absolute atomic E-state index is 0.183. The van der Waals surface area contributed by atoms with E-state index in [1.165, 1.54) is 22.2 Å². The number of esters is 1. The number of carbonyl (C=O) groups is 2. The number of thiophene rings is 1. The maximum absolute atomic E-state index is 12.7. The first-order valence-electron chi connectivity index (χ1n) is 9.21. The van der Waals surface area contributed by atoms with Crippen LogP contribution in [0.4, 0.5) is 10.7 Å². The molecule has 2 aromatic heterocycles. The Morgan fingerprint density at radius 2 is 2.18 bits per heavy atom. The van der Waals surface area contributed by atoms with Crippen LogP contribution in [0.5, 0.6) is 0 Å². The van der Waals surface area contributed by atoms with Gasteiger partial charge in [0.05, 0.1) is 16.6 Å². The number of rotatable bonds is 7. The zero-order chi connectivity index (χ0) is 20.3. The summed E-state index contributed by atoms with van der Waals surface area (Å²) >= 11 is 1.40. The lowest BCUT2D eigenvalue weighted by atomic mass is 9.95. The van der Waals surface area contributed by atoms with Gasteiger partial charge < -0.3 is 10.1 Å². The number of hydrogen-bond acceptors (Lipinski definition) is 7. The van der Waals surface area contributed by atoms with E-state index in [2.05, 4.69) is 10.4 Å². The molecule has 2 heterocycles. The third-order valence-electron chi connectivity index (χ3n) is 4.65. The number of nitro groups is 1.